The third kappa shape index (κ3) is 2.85. The zero-order valence-electron chi connectivity index (χ0n) is 10.8. The Morgan fingerprint density at radius 3 is 2.68 bits per heavy atom. The summed E-state index contributed by atoms with van der Waals surface area (Å²) in [5.74, 6) is 0.753. The highest BCUT2D eigenvalue weighted by Gasteiger charge is 2.30. The molecule has 1 aromatic carbocycles. The maximum absolute atomic E-state index is 10.5. The van der Waals surface area contributed by atoms with Crippen LogP contribution in [0, 0.1) is 0 Å². The van der Waals surface area contributed by atoms with Crippen LogP contribution in [0.25, 0.3) is 11.3 Å². The molecule has 1 saturated heterocycles. The van der Waals surface area contributed by atoms with Gasteiger partial charge >= 0.3 is 0 Å². The molecule has 100 valence electrons. The van der Waals surface area contributed by atoms with Gasteiger partial charge in [0.15, 0.2) is 0 Å². The SMILES string of the molecule is OC1(Cc2cc(-c3ccccc3)no2)CCNCC1. The van der Waals surface area contributed by atoms with E-state index in [1.807, 2.05) is 36.4 Å². The number of hydrogen-bond acceptors (Lipinski definition) is 4. The van der Waals surface area contributed by atoms with E-state index in [1.54, 1.807) is 0 Å². The lowest BCUT2D eigenvalue weighted by Gasteiger charge is -2.31. The Bertz CT molecular complexity index is 530. The van der Waals surface area contributed by atoms with E-state index in [2.05, 4.69) is 10.5 Å². The van der Waals surface area contributed by atoms with E-state index in [9.17, 15) is 5.11 Å². The minimum atomic E-state index is -0.654. The van der Waals surface area contributed by atoms with Gasteiger partial charge < -0.3 is 14.9 Å². The Hall–Kier alpha value is -1.65. The highest BCUT2D eigenvalue weighted by Crippen LogP contribution is 2.26. The first-order valence-corrected chi connectivity index (χ1v) is 6.69. The number of rotatable bonds is 3. The molecule has 2 aromatic rings. The second kappa shape index (κ2) is 5.15. The third-order valence-corrected chi connectivity index (χ3v) is 3.67. The van der Waals surface area contributed by atoms with Crippen LogP contribution in [-0.2, 0) is 6.42 Å². The van der Waals surface area contributed by atoms with Crippen molar-refractivity contribution in [2.24, 2.45) is 0 Å². The van der Waals surface area contributed by atoms with E-state index in [1.165, 1.54) is 0 Å². The van der Waals surface area contributed by atoms with Gasteiger partial charge in [-0.3, -0.25) is 0 Å². The molecule has 1 fully saturated rings. The molecule has 0 spiro atoms. The van der Waals surface area contributed by atoms with Crippen molar-refractivity contribution in [1.82, 2.24) is 10.5 Å². The number of piperidine rings is 1. The Labute approximate surface area is 112 Å². The summed E-state index contributed by atoms with van der Waals surface area (Å²) in [6, 6.07) is 11.9. The normalized spacial score (nSPS) is 18.4. The Morgan fingerprint density at radius 2 is 1.95 bits per heavy atom. The molecule has 0 unspecified atom stereocenters. The van der Waals surface area contributed by atoms with Gasteiger partial charge in [0.2, 0.25) is 0 Å². The minimum Gasteiger partial charge on any atom is -0.389 e. The molecule has 3 rings (SSSR count). The van der Waals surface area contributed by atoms with Gasteiger partial charge in [-0.15, -0.1) is 0 Å². The monoisotopic (exact) mass is 258 g/mol. The van der Waals surface area contributed by atoms with Crippen LogP contribution in [0.3, 0.4) is 0 Å². The standard InChI is InChI=1S/C15H18N2O2/c18-15(6-8-16-9-7-15)11-13-10-14(17-19-13)12-4-2-1-3-5-12/h1-5,10,16,18H,6-9,11H2. The van der Waals surface area contributed by atoms with E-state index < -0.39 is 5.60 Å². The summed E-state index contributed by atoms with van der Waals surface area (Å²) in [7, 11) is 0. The van der Waals surface area contributed by atoms with Crippen LogP contribution in [0.5, 0.6) is 0 Å². The second-order valence-electron chi connectivity index (χ2n) is 5.20. The van der Waals surface area contributed by atoms with Crippen LogP contribution >= 0.6 is 0 Å². The Morgan fingerprint density at radius 1 is 1.21 bits per heavy atom. The largest absolute Gasteiger partial charge is 0.389 e. The third-order valence-electron chi connectivity index (χ3n) is 3.67. The predicted molar refractivity (Wildman–Crippen MR) is 72.7 cm³/mol. The van der Waals surface area contributed by atoms with Crippen molar-refractivity contribution in [2.75, 3.05) is 13.1 Å². The Kier molecular flexibility index (Phi) is 3.36. The van der Waals surface area contributed by atoms with Crippen molar-refractivity contribution in [3.63, 3.8) is 0 Å². The van der Waals surface area contributed by atoms with E-state index in [4.69, 9.17) is 4.52 Å². The zero-order valence-corrected chi connectivity index (χ0v) is 10.8. The van der Waals surface area contributed by atoms with Crippen molar-refractivity contribution in [3.05, 3.63) is 42.2 Å². The summed E-state index contributed by atoms with van der Waals surface area (Å²) in [6.07, 6.45) is 2.05. The number of aliphatic hydroxyl groups is 1. The molecule has 0 radical (unpaired) electrons. The van der Waals surface area contributed by atoms with E-state index in [-0.39, 0.29) is 0 Å². The highest BCUT2D eigenvalue weighted by molar-refractivity contribution is 5.58. The molecule has 0 saturated carbocycles. The molecule has 0 atom stereocenters. The van der Waals surface area contributed by atoms with Crippen molar-refractivity contribution in [1.29, 1.82) is 0 Å². The number of hydrogen-bond donors (Lipinski definition) is 2. The quantitative estimate of drug-likeness (QED) is 0.884. The summed E-state index contributed by atoms with van der Waals surface area (Å²) in [5, 5.41) is 17.8. The van der Waals surface area contributed by atoms with Crippen molar-refractivity contribution < 1.29 is 9.63 Å². The second-order valence-corrected chi connectivity index (χ2v) is 5.20. The molecule has 4 nitrogen and oxygen atoms in total. The van der Waals surface area contributed by atoms with Gasteiger partial charge in [-0.05, 0) is 25.9 Å². The van der Waals surface area contributed by atoms with Gasteiger partial charge in [0, 0.05) is 18.1 Å². The number of nitrogens with one attached hydrogen (secondary N) is 1. The highest BCUT2D eigenvalue weighted by atomic mass is 16.5. The van der Waals surface area contributed by atoms with Gasteiger partial charge in [0.1, 0.15) is 11.5 Å². The molecule has 0 bridgehead atoms. The summed E-state index contributed by atoms with van der Waals surface area (Å²) >= 11 is 0. The predicted octanol–water partition coefficient (Wildman–Crippen LogP) is 2.00. The van der Waals surface area contributed by atoms with E-state index >= 15 is 0 Å². The van der Waals surface area contributed by atoms with Crippen LogP contribution < -0.4 is 5.32 Å². The zero-order chi connectivity index (χ0) is 13.1. The van der Waals surface area contributed by atoms with Crippen molar-refractivity contribution in [2.45, 2.75) is 24.9 Å². The van der Waals surface area contributed by atoms with Crippen LogP contribution in [0.4, 0.5) is 0 Å². The van der Waals surface area contributed by atoms with Gasteiger partial charge in [0.05, 0.1) is 5.60 Å². The molecule has 2 heterocycles. The lowest BCUT2D eigenvalue weighted by Crippen LogP contribution is -2.43. The fourth-order valence-corrected chi connectivity index (χ4v) is 2.53. The van der Waals surface area contributed by atoms with E-state index in [0.717, 1.165) is 42.9 Å². The molecule has 0 amide bonds. The fraction of sp³-hybridized carbons (Fsp3) is 0.400. The summed E-state index contributed by atoms with van der Waals surface area (Å²) in [4.78, 5) is 0. The average molecular weight is 258 g/mol. The molecular formula is C15H18N2O2. The number of aromatic nitrogens is 1. The molecule has 4 heteroatoms. The minimum absolute atomic E-state index is 0.536. The van der Waals surface area contributed by atoms with Gasteiger partial charge in [-0.25, -0.2) is 0 Å². The molecular weight excluding hydrogens is 240 g/mol. The van der Waals surface area contributed by atoms with Crippen molar-refractivity contribution in [3.8, 4) is 11.3 Å². The van der Waals surface area contributed by atoms with Crippen LogP contribution in [0.1, 0.15) is 18.6 Å². The lowest BCUT2D eigenvalue weighted by atomic mass is 9.88. The molecule has 19 heavy (non-hydrogen) atoms. The fourth-order valence-electron chi connectivity index (χ4n) is 2.53. The van der Waals surface area contributed by atoms with Crippen molar-refractivity contribution >= 4 is 0 Å². The summed E-state index contributed by atoms with van der Waals surface area (Å²) in [5.41, 5.74) is 1.21. The first kappa shape index (κ1) is 12.4. The van der Waals surface area contributed by atoms with E-state index in [0.29, 0.717) is 6.42 Å². The first-order valence-electron chi connectivity index (χ1n) is 6.69. The number of benzene rings is 1. The molecule has 1 aliphatic heterocycles. The smallest absolute Gasteiger partial charge is 0.140 e. The molecule has 1 aromatic heterocycles. The maximum atomic E-state index is 10.5. The molecule has 0 aliphatic carbocycles. The average Bonchev–Trinajstić information content (AvgIpc) is 2.88. The van der Waals surface area contributed by atoms with Gasteiger partial charge in [-0.2, -0.15) is 0 Å². The van der Waals surface area contributed by atoms with Gasteiger partial charge in [0.25, 0.3) is 0 Å². The maximum Gasteiger partial charge on any atom is 0.140 e. The first-order chi connectivity index (χ1) is 9.25. The van der Waals surface area contributed by atoms with Crippen LogP contribution in [0.15, 0.2) is 40.9 Å². The lowest BCUT2D eigenvalue weighted by molar-refractivity contribution is 0.00548. The topological polar surface area (TPSA) is 58.3 Å². The summed E-state index contributed by atoms with van der Waals surface area (Å²) < 4.78 is 5.36. The van der Waals surface area contributed by atoms with Crippen LogP contribution in [0.2, 0.25) is 0 Å². The Balaban J connectivity index is 1.75. The molecule has 1 aliphatic rings. The summed E-state index contributed by atoms with van der Waals surface area (Å²) in [6.45, 7) is 1.71. The van der Waals surface area contributed by atoms with Crippen LogP contribution in [-0.4, -0.2) is 29.0 Å². The van der Waals surface area contributed by atoms with Gasteiger partial charge in [-0.1, -0.05) is 35.5 Å². The number of nitrogens with zero attached hydrogens (tertiary/aromatic N) is 1. The molecule has 2 N–H and O–H groups in total.